The van der Waals surface area contributed by atoms with Crippen LogP contribution >= 0.6 is 0 Å². The van der Waals surface area contributed by atoms with Crippen LogP contribution in [0.4, 0.5) is 5.69 Å². The molecule has 1 heterocycles. The number of carbonyl (C=O) groups excluding carboxylic acids is 2. The molecule has 2 aromatic rings. The number of nitrogens with two attached hydrogens (primary N) is 1. The molecule has 0 bridgehead atoms. The van der Waals surface area contributed by atoms with Crippen LogP contribution in [-0.4, -0.2) is 64.8 Å². The fraction of sp³-hybridized carbons (Fsp3) is 0.400. The van der Waals surface area contributed by atoms with Crippen LogP contribution < -0.4 is 35.3 Å². The van der Waals surface area contributed by atoms with Gasteiger partial charge in [0.1, 0.15) is 17.9 Å². The third-order valence-electron chi connectivity index (χ3n) is 5.58. The van der Waals surface area contributed by atoms with Gasteiger partial charge in [0.05, 0.1) is 46.7 Å². The number of methoxy groups -OCH3 is 4. The molecule has 0 saturated carbocycles. The summed E-state index contributed by atoms with van der Waals surface area (Å²) in [6.45, 7) is 3.49. The van der Waals surface area contributed by atoms with Gasteiger partial charge in [-0.25, -0.2) is 4.99 Å². The smallest absolute Gasteiger partial charge is 0.246 e. The summed E-state index contributed by atoms with van der Waals surface area (Å²) in [5, 5.41) is 5.34. The van der Waals surface area contributed by atoms with E-state index in [1.807, 2.05) is 12.1 Å². The Kier molecular flexibility index (Phi) is 8.59. The Labute approximate surface area is 209 Å². The topological polar surface area (TPSA) is 143 Å². The lowest BCUT2D eigenvalue weighted by atomic mass is 10.1. The Morgan fingerprint density at radius 3 is 2.17 bits per heavy atom. The van der Waals surface area contributed by atoms with Gasteiger partial charge in [-0.3, -0.25) is 9.59 Å². The van der Waals surface area contributed by atoms with Gasteiger partial charge in [0, 0.05) is 11.1 Å². The van der Waals surface area contributed by atoms with Crippen molar-refractivity contribution in [3.8, 4) is 23.0 Å². The van der Waals surface area contributed by atoms with Crippen molar-refractivity contribution < 1.29 is 33.3 Å². The van der Waals surface area contributed by atoms with Crippen LogP contribution in [0.2, 0.25) is 0 Å². The zero-order valence-corrected chi connectivity index (χ0v) is 21.2. The van der Waals surface area contributed by atoms with Crippen LogP contribution in [-0.2, 0) is 14.3 Å². The number of hydrogen-bond donors (Lipinski definition) is 3. The summed E-state index contributed by atoms with van der Waals surface area (Å²) in [6, 6.07) is 7.30. The average molecular weight is 501 g/mol. The SMILES string of the molecule is COc1ccc(C2=NCC(c3cc(OC)c(OC)c(OC)c3)O2)cc1NC(=O)C(C)NC(=O)C(C)N. The molecule has 194 valence electrons. The lowest BCUT2D eigenvalue weighted by Gasteiger charge is -2.18. The van der Waals surface area contributed by atoms with Crippen molar-refractivity contribution >= 4 is 23.4 Å². The van der Waals surface area contributed by atoms with Crippen molar-refractivity contribution in [2.75, 3.05) is 40.3 Å². The monoisotopic (exact) mass is 500 g/mol. The zero-order chi connectivity index (χ0) is 26.4. The third-order valence-corrected chi connectivity index (χ3v) is 5.58. The Hall–Kier alpha value is -3.99. The van der Waals surface area contributed by atoms with Crippen molar-refractivity contribution in [1.82, 2.24) is 5.32 Å². The molecule has 0 saturated heterocycles. The summed E-state index contributed by atoms with van der Waals surface area (Å²) in [5.74, 6) is 1.52. The number of rotatable bonds is 10. The number of anilines is 1. The number of hydrogen-bond acceptors (Lipinski definition) is 9. The van der Waals surface area contributed by atoms with E-state index in [9.17, 15) is 9.59 Å². The van der Waals surface area contributed by atoms with Gasteiger partial charge in [-0.05, 0) is 44.2 Å². The van der Waals surface area contributed by atoms with Gasteiger partial charge in [0.2, 0.25) is 23.5 Å². The summed E-state index contributed by atoms with van der Waals surface area (Å²) >= 11 is 0. The first-order valence-electron chi connectivity index (χ1n) is 11.3. The number of carbonyl (C=O) groups is 2. The van der Waals surface area contributed by atoms with Gasteiger partial charge in [0.15, 0.2) is 11.5 Å². The number of benzene rings is 2. The van der Waals surface area contributed by atoms with Crippen LogP contribution in [0.1, 0.15) is 31.1 Å². The maximum Gasteiger partial charge on any atom is 0.246 e. The van der Waals surface area contributed by atoms with Gasteiger partial charge < -0.3 is 40.1 Å². The minimum Gasteiger partial charge on any atom is -0.495 e. The first-order chi connectivity index (χ1) is 17.2. The summed E-state index contributed by atoms with van der Waals surface area (Å²) in [4.78, 5) is 29.0. The predicted molar refractivity (Wildman–Crippen MR) is 134 cm³/mol. The largest absolute Gasteiger partial charge is 0.495 e. The predicted octanol–water partition coefficient (Wildman–Crippen LogP) is 2.03. The van der Waals surface area contributed by atoms with Gasteiger partial charge >= 0.3 is 0 Å². The lowest BCUT2D eigenvalue weighted by molar-refractivity contribution is -0.126. The van der Waals surface area contributed by atoms with Gasteiger partial charge in [-0.15, -0.1) is 0 Å². The van der Waals surface area contributed by atoms with Crippen molar-refractivity contribution in [1.29, 1.82) is 0 Å². The summed E-state index contributed by atoms with van der Waals surface area (Å²) in [5.41, 5.74) is 7.42. The molecule has 0 aromatic heterocycles. The maximum absolute atomic E-state index is 12.7. The molecule has 3 unspecified atom stereocenters. The van der Waals surface area contributed by atoms with Crippen LogP contribution in [0.25, 0.3) is 0 Å². The van der Waals surface area contributed by atoms with Crippen LogP contribution in [0.5, 0.6) is 23.0 Å². The normalized spacial score (nSPS) is 16.2. The first kappa shape index (κ1) is 26.6. The molecular formula is C25H32N4O7. The molecule has 3 atom stereocenters. The molecule has 1 aliphatic rings. The van der Waals surface area contributed by atoms with E-state index in [4.69, 9.17) is 29.4 Å². The molecule has 0 fully saturated rings. The molecule has 2 aromatic carbocycles. The molecule has 0 aliphatic carbocycles. The molecule has 11 nitrogen and oxygen atoms in total. The second-order valence-corrected chi connectivity index (χ2v) is 8.13. The van der Waals surface area contributed by atoms with Crippen LogP contribution in [0.15, 0.2) is 35.3 Å². The van der Waals surface area contributed by atoms with Gasteiger partial charge in [-0.2, -0.15) is 0 Å². The van der Waals surface area contributed by atoms with Crippen LogP contribution in [0.3, 0.4) is 0 Å². The Morgan fingerprint density at radius 2 is 1.61 bits per heavy atom. The van der Waals surface area contributed by atoms with Crippen molar-refractivity contribution in [2.24, 2.45) is 10.7 Å². The van der Waals surface area contributed by atoms with E-state index in [0.717, 1.165) is 5.56 Å². The fourth-order valence-electron chi connectivity index (χ4n) is 3.59. The minimum atomic E-state index is -0.804. The number of amides is 2. The molecule has 3 rings (SSSR count). The highest BCUT2D eigenvalue weighted by Gasteiger charge is 2.27. The van der Waals surface area contributed by atoms with E-state index in [2.05, 4.69) is 15.6 Å². The maximum atomic E-state index is 12.7. The van der Waals surface area contributed by atoms with Crippen molar-refractivity contribution in [3.63, 3.8) is 0 Å². The fourth-order valence-corrected chi connectivity index (χ4v) is 3.59. The summed E-state index contributed by atoms with van der Waals surface area (Å²) < 4.78 is 27.8. The van der Waals surface area contributed by atoms with E-state index < -0.39 is 23.9 Å². The highest BCUT2D eigenvalue weighted by Crippen LogP contribution is 2.41. The van der Waals surface area contributed by atoms with E-state index >= 15 is 0 Å². The van der Waals surface area contributed by atoms with E-state index in [-0.39, 0.29) is 6.10 Å². The van der Waals surface area contributed by atoms with Gasteiger partial charge in [0.25, 0.3) is 0 Å². The molecule has 36 heavy (non-hydrogen) atoms. The highest BCUT2D eigenvalue weighted by molar-refractivity contribution is 6.01. The van der Waals surface area contributed by atoms with Crippen molar-refractivity contribution in [2.45, 2.75) is 32.0 Å². The Bertz CT molecular complexity index is 1120. The third kappa shape index (κ3) is 5.80. The summed E-state index contributed by atoms with van der Waals surface area (Å²) in [7, 11) is 6.14. The number of ether oxygens (including phenoxy) is 5. The number of nitrogens with one attached hydrogen (secondary N) is 2. The molecule has 0 spiro atoms. The Balaban J connectivity index is 1.79. The lowest BCUT2D eigenvalue weighted by Crippen LogP contribution is -2.47. The van der Waals surface area contributed by atoms with Crippen molar-refractivity contribution in [3.05, 3.63) is 41.5 Å². The second kappa shape index (κ2) is 11.6. The standard InChI is InChI=1S/C25H32N4O7/c1-13(26)23(30)28-14(2)24(31)29-17-9-15(7-8-18(17)32-3)25-27-12-21(36-25)16-10-19(33-4)22(35-6)20(11-16)34-5/h7-11,13-14,21H,12,26H2,1-6H3,(H,28,30)(H,29,31). The van der Waals surface area contributed by atoms with Crippen LogP contribution in [0, 0.1) is 0 Å². The summed E-state index contributed by atoms with van der Waals surface area (Å²) in [6.07, 6.45) is -0.373. The second-order valence-electron chi connectivity index (χ2n) is 8.13. The highest BCUT2D eigenvalue weighted by atomic mass is 16.5. The molecule has 1 aliphatic heterocycles. The van der Waals surface area contributed by atoms with E-state index in [1.54, 1.807) is 53.4 Å². The number of aliphatic imine (C=N–C) groups is 1. The Morgan fingerprint density at radius 1 is 0.972 bits per heavy atom. The molecule has 0 radical (unpaired) electrons. The molecule has 11 heteroatoms. The first-order valence-corrected chi connectivity index (χ1v) is 11.3. The zero-order valence-electron chi connectivity index (χ0n) is 21.2. The molecule has 4 N–H and O–H groups in total. The average Bonchev–Trinajstić information content (AvgIpc) is 3.37. The number of nitrogens with zero attached hydrogens (tertiary/aromatic N) is 1. The van der Waals surface area contributed by atoms with E-state index in [1.165, 1.54) is 7.11 Å². The minimum absolute atomic E-state index is 0.373. The van der Waals surface area contributed by atoms with E-state index in [0.29, 0.717) is 46.7 Å². The quantitative estimate of drug-likeness (QED) is 0.450. The van der Waals surface area contributed by atoms with Gasteiger partial charge in [-0.1, -0.05) is 0 Å². The molecule has 2 amide bonds. The molecular weight excluding hydrogens is 468 g/mol.